The fourth-order valence-corrected chi connectivity index (χ4v) is 8.21. The number of esters is 2. The predicted molar refractivity (Wildman–Crippen MR) is 246 cm³/mol. The van der Waals surface area contributed by atoms with Gasteiger partial charge in [0.15, 0.2) is 0 Å². The fourth-order valence-electron chi connectivity index (χ4n) is 8.21. The lowest BCUT2D eigenvalue weighted by Crippen LogP contribution is -2.27. The molecule has 57 heavy (non-hydrogen) atoms. The quantitative estimate of drug-likeness (QED) is 0.0487. The average molecular weight is 808 g/mol. The Kier molecular flexibility index (Phi) is 45.0. The topological polar surface area (TPSA) is 76.1 Å². The van der Waals surface area contributed by atoms with E-state index in [0.717, 1.165) is 90.3 Å². The molecular weight excluding hydrogens is 707 g/mol. The summed E-state index contributed by atoms with van der Waals surface area (Å²) in [5.41, 5.74) is 0. The van der Waals surface area contributed by atoms with Crippen LogP contribution in [0.5, 0.6) is 0 Å². The minimum absolute atomic E-state index is 0.000716. The number of nitrogens with zero attached hydrogens (tertiary/aromatic N) is 1. The molecular formula is C51H101NO5. The molecule has 1 N–H and O–H groups in total. The second-order valence-corrected chi connectivity index (χ2v) is 17.9. The number of ether oxygens (including phenoxy) is 2. The molecule has 0 saturated heterocycles. The molecule has 0 rings (SSSR count). The molecule has 340 valence electrons. The number of unbranched alkanes of at least 4 members (excludes halogenated alkanes) is 24. The molecule has 0 aromatic rings. The van der Waals surface area contributed by atoms with Gasteiger partial charge in [0.25, 0.3) is 0 Å². The molecule has 6 nitrogen and oxygen atoms in total. The number of carbonyl (C=O) groups is 2. The van der Waals surface area contributed by atoms with Crippen LogP contribution in [0, 0.1) is 11.8 Å². The minimum atomic E-state index is 0.000716. The molecule has 0 heterocycles. The van der Waals surface area contributed by atoms with Crippen molar-refractivity contribution in [3.05, 3.63) is 0 Å². The first-order valence-corrected chi connectivity index (χ1v) is 25.6. The maximum absolute atomic E-state index is 12.6. The largest absolute Gasteiger partial charge is 0.465 e. The average Bonchev–Trinajstić information content (AvgIpc) is 3.21. The normalized spacial score (nSPS) is 12.7. The number of aliphatic hydroxyl groups is 1. The zero-order valence-electron chi connectivity index (χ0n) is 39.1. The second kappa shape index (κ2) is 45.9. The van der Waals surface area contributed by atoms with Crippen LogP contribution < -0.4 is 0 Å². The number of carbonyl (C=O) groups excluding carboxylic acids is 2. The van der Waals surface area contributed by atoms with E-state index in [4.69, 9.17) is 9.47 Å². The highest BCUT2D eigenvalue weighted by atomic mass is 16.5. The Morgan fingerprint density at radius 3 is 1.02 bits per heavy atom. The van der Waals surface area contributed by atoms with Crippen LogP contribution in [0.3, 0.4) is 0 Å². The monoisotopic (exact) mass is 808 g/mol. The van der Waals surface area contributed by atoms with Crippen LogP contribution in [-0.4, -0.2) is 61.4 Å². The third-order valence-corrected chi connectivity index (χ3v) is 12.2. The molecule has 0 radical (unpaired) electrons. The van der Waals surface area contributed by atoms with Gasteiger partial charge in [-0.2, -0.15) is 0 Å². The van der Waals surface area contributed by atoms with Crippen LogP contribution in [-0.2, 0) is 19.1 Å². The highest BCUT2D eigenvalue weighted by molar-refractivity contribution is 5.69. The van der Waals surface area contributed by atoms with Gasteiger partial charge in [0.1, 0.15) is 0 Å². The third-order valence-electron chi connectivity index (χ3n) is 12.2. The molecule has 0 aliphatic rings. The summed E-state index contributed by atoms with van der Waals surface area (Å²) in [6.45, 7) is 13.9. The van der Waals surface area contributed by atoms with E-state index in [0.29, 0.717) is 37.9 Å². The highest BCUT2D eigenvalue weighted by Gasteiger charge is 2.14. The number of rotatable bonds is 47. The molecule has 0 aliphatic heterocycles. The minimum Gasteiger partial charge on any atom is -0.465 e. The molecule has 2 unspecified atom stereocenters. The number of aliphatic hydroxyl groups excluding tert-OH is 1. The van der Waals surface area contributed by atoms with Crippen LogP contribution >= 0.6 is 0 Å². The van der Waals surface area contributed by atoms with Crippen LogP contribution in [0.2, 0.25) is 0 Å². The van der Waals surface area contributed by atoms with Crippen LogP contribution in [0.1, 0.15) is 265 Å². The van der Waals surface area contributed by atoms with Crippen molar-refractivity contribution in [3.63, 3.8) is 0 Å². The van der Waals surface area contributed by atoms with Crippen molar-refractivity contribution >= 4 is 11.9 Å². The van der Waals surface area contributed by atoms with Gasteiger partial charge in [0, 0.05) is 19.4 Å². The first-order chi connectivity index (χ1) is 28.0. The maximum atomic E-state index is 12.6. The molecule has 0 fully saturated rings. The van der Waals surface area contributed by atoms with Crippen LogP contribution in [0.4, 0.5) is 0 Å². The first kappa shape index (κ1) is 55.9. The lowest BCUT2D eigenvalue weighted by molar-refractivity contribution is -0.146. The van der Waals surface area contributed by atoms with Crippen molar-refractivity contribution in [1.29, 1.82) is 0 Å². The van der Waals surface area contributed by atoms with Gasteiger partial charge in [-0.1, -0.05) is 182 Å². The molecule has 6 heteroatoms. The Labute approximate surface area is 356 Å². The van der Waals surface area contributed by atoms with Gasteiger partial charge in [-0.05, 0) is 102 Å². The first-order valence-electron chi connectivity index (χ1n) is 25.6. The summed E-state index contributed by atoms with van der Waals surface area (Å²) < 4.78 is 11.7. The van der Waals surface area contributed by atoms with E-state index < -0.39 is 0 Å². The van der Waals surface area contributed by atoms with Crippen molar-refractivity contribution in [1.82, 2.24) is 4.90 Å². The lowest BCUT2D eigenvalue weighted by atomic mass is 9.95. The van der Waals surface area contributed by atoms with Gasteiger partial charge >= 0.3 is 11.9 Å². The van der Waals surface area contributed by atoms with Crippen LogP contribution in [0.15, 0.2) is 0 Å². The molecule has 0 spiro atoms. The van der Waals surface area contributed by atoms with Gasteiger partial charge in [0.05, 0.1) is 13.2 Å². The maximum Gasteiger partial charge on any atom is 0.305 e. The van der Waals surface area contributed by atoms with Gasteiger partial charge in [-0.3, -0.25) is 9.59 Å². The summed E-state index contributed by atoms with van der Waals surface area (Å²) >= 11 is 0. The predicted octanol–water partition coefficient (Wildman–Crippen LogP) is 15.1. The van der Waals surface area contributed by atoms with Crippen molar-refractivity contribution < 1.29 is 24.2 Å². The SMILES string of the molecule is CCCCCCCCC(CCCCCC)COC(=O)CCCCCCN(CCCCCO)CCCCCCC(=O)OCC(CCCCCC)CCCCCCCC. The Morgan fingerprint density at radius 1 is 0.386 bits per heavy atom. The summed E-state index contributed by atoms with van der Waals surface area (Å²) in [6, 6.07) is 0. The molecule has 0 aromatic heterocycles. The molecule has 0 amide bonds. The molecule has 0 bridgehead atoms. The van der Waals surface area contributed by atoms with Crippen molar-refractivity contribution in [2.75, 3.05) is 39.5 Å². The molecule has 2 atom stereocenters. The van der Waals surface area contributed by atoms with Gasteiger partial charge in [-0.15, -0.1) is 0 Å². The van der Waals surface area contributed by atoms with Crippen LogP contribution in [0.25, 0.3) is 0 Å². The smallest absolute Gasteiger partial charge is 0.305 e. The summed E-state index contributed by atoms with van der Waals surface area (Å²) in [5.74, 6) is 1.06. The summed E-state index contributed by atoms with van der Waals surface area (Å²) in [5, 5.41) is 9.24. The van der Waals surface area contributed by atoms with Crippen molar-refractivity contribution in [2.24, 2.45) is 11.8 Å². The fraction of sp³-hybridized carbons (Fsp3) is 0.961. The van der Waals surface area contributed by atoms with E-state index >= 15 is 0 Å². The standard InChI is InChI=1S/C51H101NO5/c1-5-9-13-17-19-28-38-48(36-26-15-11-7-3)46-56-50(54)40-30-21-23-32-42-52(44-34-25-35-45-53)43-33-24-22-31-41-51(55)57-47-49(37-27-16-12-8-4)39-29-20-18-14-10-6-2/h48-49,53H,5-47H2,1-4H3. The lowest BCUT2D eigenvalue weighted by Gasteiger charge is -2.22. The second-order valence-electron chi connectivity index (χ2n) is 17.9. The Bertz CT molecular complexity index is 761. The Hall–Kier alpha value is -1.14. The number of hydrogen-bond donors (Lipinski definition) is 1. The summed E-state index contributed by atoms with van der Waals surface area (Å²) in [6.07, 6.45) is 43.8. The zero-order valence-corrected chi connectivity index (χ0v) is 39.1. The van der Waals surface area contributed by atoms with E-state index in [1.165, 1.54) is 154 Å². The van der Waals surface area contributed by atoms with E-state index in [2.05, 4.69) is 32.6 Å². The van der Waals surface area contributed by atoms with Crippen molar-refractivity contribution in [3.8, 4) is 0 Å². The molecule has 0 aromatic carbocycles. The molecule has 0 saturated carbocycles. The van der Waals surface area contributed by atoms with Gasteiger partial charge in [0.2, 0.25) is 0 Å². The number of hydrogen-bond acceptors (Lipinski definition) is 6. The van der Waals surface area contributed by atoms with Gasteiger partial charge < -0.3 is 19.5 Å². The van der Waals surface area contributed by atoms with Crippen molar-refractivity contribution in [2.45, 2.75) is 265 Å². The highest BCUT2D eigenvalue weighted by Crippen LogP contribution is 2.22. The summed E-state index contributed by atoms with van der Waals surface area (Å²) in [4.78, 5) is 27.9. The van der Waals surface area contributed by atoms with E-state index in [1.54, 1.807) is 0 Å². The Morgan fingerprint density at radius 2 is 0.667 bits per heavy atom. The zero-order chi connectivity index (χ0) is 41.7. The van der Waals surface area contributed by atoms with E-state index in [1.807, 2.05) is 0 Å². The van der Waals surface area contributed by atoms with Gasteiger partial charge in [-0.25, -0.2) is 0 Å². The van der Waals surface area contributed by atoms with E-state index in [9.17, 15) is 14.7 Å². The van der Waals surface area contributed by atoms with E-state index in [-0.39, 0.29) is 18.5 Å². The third kappa shape index (κ3) is 41.4. The molecule has 0 aliphatic carbocycles. The summed E-state index contributed by atoms with van der Waals surface area (Å²) in [7, 11) is 0. The Balaban J connectivity index is 4.36.